The van der Waals surface area contributed by atoms with Crippen LogP contribution in [-0.2, 0) is 17.6 Å². The lowest BCUT2D eigenvalue weighted by Gasteiger charge is -2.40. The molecule has 184 valence electrons. The Balaban J connectivity index is 1.51. The standard InChI is InChI=1S/C27H31N3O4S/c1-2-33-27(32)30-16-14-29(15-17-30)24(19-9-4-3-5-10-19)23-20-11-6-7-13-22(20)35-26(23)28-25(31)21-12-8-18-34-21/h3-5,8-10,12,18,24H,2,6-7,11,13-17H2,1H3,(H,28,31). The first kappa shape index (κ1) is 23.6. The van der Waals surface area contributed by atoms with Crippen LogP contribution in [0.2, 0.25) is 0 Å². The molecular formula is C27H31N3O4S. The second-order valence-electron chi connectivity index (χ2n) is 8.92. The predicted octanol–water partition coefficient (Wildman–Crippen LogP) is 5.34. The summed E-state index contributed by atoms with van der Waals surface area (Å²) >= 11 is 1.70. The van der Waals surface area contributed by atoms with Crippen LogP contribution < -0.4 is 5.32 Å². The van der Waals surface area contributed by atoms with E-state index in [2.05, 4.69) is 34.5 Å². The van der Waals surface area contributed by atoms with Crippen LogP contribution in [0.1, 0.15) is 57.9 Å². The van der Waals surface area contributed by atoms with Crippen LogP contribution in [0.4, 0.5) is 9.80 Å². The minimum atomic E-state index is -0.247. The Hall–Kier alpha value is -3.10. The smallest absolute Gasteiger partial charge is 0.409 e. The maximum atomic E-state index is 13.0. The number of amides is 2. The van der Waals surface area contributed by atoms with E-state index < -0.39 is 0 Å². The lowest BCUT2D eigenvalue weighted by molar-refractivity contribution is 0.0714. The highest BCUT2D eigenvalue weighted by Gasteiger charge is 2.34. The number of hydrogen-bond donors (Lipinski definition) is 1. The molecule has 3 heterocycles. The summed E-state index contributed by atoms with van der Waals surface area (Å²) in [6.07, 6.45) is 5.66. The molecular weight excluding hydrogens is 462 g/mol. The predicted molar refractivity (Wildman–Crippen MR) is 136 cm³/mol. The number of rotatable bonds is 6. The Morgan fingerprint density at radius 1 is 1.06 bits per heavy atom. The molecule has 35 heavy (non-hydrogen) atoms. The van der Waals surface area contributed by atoms with Gasteiger partial charge in [0.15, 0.2) is 5.76 Å². The molecule has 1 unspecified atom stereocenters. The van der Waals surface area contributed by atoms with E-state index in [1.807, 2.05) is 13.0 Å². The van der Waals surface area contributed by atoms with Gasteiger partial charge in [-0.1, -0.05) is 30.3 Å². The number of nitrogens with one attached hydrogen (secondary N) is 1. The lowest BCUT2D eigenvalue weighted by atomic mass is 9.88. The molecule has 5 rings (SSSR count). The third-order valence-corrected chi connectivity index (χ3v) is 8.00. The summed E-state index contributed by atoms with van der Waals surface area (Å²) in [6.45, 7) is 4.90. The van der Waals surface area contributed by atoms with Gasteiger partial charge in [-0.25, -0.2) is 4.79 Å². The van der Waals surface area contributed by atoms with Gasteiger partial charge in [-0.15, -0.1) is 11.3 Å². The van der Waals surface area contributed by atoms with Gasteiger partial charge in [0.2, 0.25) is 0 Å². The molecule has 2 amide bonds. The molecule has 1 aliphatic heterocycles. The highest BCUT2D eigenvalue weighted by molar-refractivity contribution is 7.16. The van der Waals surface area contributed by atoms with Crippen molar-refractivity contribution in [1.29, 1.82) is 0 Å². The van der Waals surface area contributed by atoms with Crippen molar-refractivity contribution in [3.05, 3.63) is 76.1 Å². The van der Waals surface area contributed by atoms with Gasteiger partial charge >= 0.3 is 6.09 Å². The molecule has 0 saturated carbocycles. The molecule has 0 bridgehead atoms. The first-order chi connectivity index (χ1) is 17.2. The van der Waals surface area contributed by atoms with Crippen LogP contribution in [0, 0.1) is 0 Å². The van der Waals surface area contributed by atoms with Crippen molar-refractivity contribution in [3.63, 3.8) is 0 Å². The highest BCUT2D eigenvalue weighted by Crippen LogP contribution is 2.45. The Kier molecular flexibility index (Phi) is 7.20. The molecule has 7 nitrogen and oxygen atoms in total. The minimum Gasteiger partial charge on any atom is -0.459 e. The van der Waals surface area contributed by atoms with Crippen molar-refractivity contribution in [1.82, 2.24) is 9.80 Å². The Morgan fingerprint density at radius 3 is 2.54 bits per heavy atom. The van der Waals surface area contributed by atoms with E-state index in [0.29, 0.717) is 25.5 Å². The zero-order valence-corrected chi connectivity index (χ0v) is 20.8. The molecule has 1 aromatic carbocycles. The minimum absolute atomic E-state index is 0.00875. The molecule has 1 saturated heterocycles. The summed E-state index contributed by atoms with van der Waals surface area (Å²) in [6, 6.07) is 13.9. The first-order valence-corrected chi connectivity index (χ1v) is 13.2. The van der Waals surface area contributed by atoms with E-state index in [-0.39, 0.29) is 18.0 Å². The van der Waals surface area contributed by atoms with E-state index in [1.165, 1.54) is 34.3 Å². The summed E-state index contributed by atoms with van der Waals surface area (Å²) in [5.41, 5.74) is 3.76. The lowest BCUT2D eigenvalue weighted by Crippen LogP contribution is -2.50. The average molecular weight is 494 g/mol. The number of furan rings is 1. The molecule has 1 atom stereocenters. The molecule has 8 heteroatoms. The van der Waals surface area contributed by atoms with Gasteiger partial charge in [-0.3, -0.25) is 9.69 Å². The van der Waals surface area contributed by atoms with Crippen molar-refractivity contribution in [2.75, 3.05) is 38.1 Å². The van der Waals surface area contributed by atoms with Gasteiger partial charge < -0.3 is 19.4 Å². The maximum Gasteiger partial charge on any atom is 0.409 e. The number of benzene rings is 1. The normalized spacial score (nSPS) is 17.0. The fourth-order valence-electron chi connectivity index (χ4n) is 5.12. The Labute approximate surface area is 209 Å². The van der Waals surface area contributed by atoms with E-state index in [0.717, 1.165) is 37.4 Å². The molecule has 1 fully saturated rings. The van der Waals surface area contributed by atoms with Crippen LogP contribution in [-0.4, -0.2) is 54.6 Å². The van der Waals surface area contributed by atoms with Crippen molar-refractivity contribution in [3.8, 4) is 0 Å². The van der Waals surface area contributed by atoms with Crippen LogP contribution in [0.25, 0.3) is 0 Å². The zero-order valence-electron chi connectivity index (χ0n) is 20.0. The number of carbonyl (C=O) groups is 2. The van der Waals surface area contributed by atoms with E-state index in [4.69, 9.17) is 9.15 Å². The highest BCUT2D eigenvalue weighted by atomic mass is 32.1. The largest absolute Gasteiger partial charge is 0.459 e. The van der Waals surface area contributed by atoms with Crippen LogP contribution >= 0.6 is 11.3 Å². The number of ether oxygens (including phenoxy) is 1. The van der Waals surface area contributed by atoms with Crippen molar-refractivity contribution >= 4 is 28.3 Å². The fraction of sp³-hybridized carbons (Fsp3) is 0.407. The summed E-state index contributed by atoms with van der Waals surface area (Å²) in [5, 5.41) is 4.08. The molecule has 1 N–H and O–H groups in total. The average Bonchev–Trinajstić information content (AvgIpc) is 3.55. The number of carbonyl (C=O) groups excluding carboxylic acids is 2. The van der Waals surface area contributed by atoms with Gasteiger partial charge in [0.25, 0.3) is 5.91 Å². The molecule has 1 aliphatic carbocycles. The molecule has 2 aromatic heterocycles. The number of thiophene rings is 1. The number of aryl methyl sites for hydroxylation is 1. The number of anilines is 1. The summed E-state index contributed by atoms with van der Waals surface area (Å²) < 4.78 is 10.6. The van der Waals surface area contributed by atoms with Gasteiger partial charge in [-0.2, -0.15) is 0 Å². The van der Waals surface area contributed by atoms with Crippen LogP contribution in [0.3, 0.4) is 0 Å². The molecule has 0 radical (unpaired) electrons. The van der Waals surface area contributed by atoms with Crippen molar-refractivity contribution < 1.29 is 18.7 Å². The van der Waals surface area contributed by atoms with Gasteiger partial charge in [0.05, 0.1) is 18.9 Å². The zero-order chi connectivity index (χ0) is 24.2. The van der Waals surface area contributed by atoms with Crippen molar-refractivity contribution in [2.45, 2.75) is 38.6 Å². The topological polar surface area (TPSA) is 75.0 Å². The fourth-order valence-corrected chi connectivity index (χ4v) is 6.43. The van der Waals surface area contributed by atoms with Crippen LogP contribution in [0.5, 0.6) is 0 Å². The van der Waals surface area contributed by atoms with Crippen molar-refractivity contribution in [2.24, 2.45) is 0 Å². The third-order valence-electron chi connectivity index (χ3n) is 6.78. The van der Waals surface area contributed by atoms with E-state index >= 15 is 0 Å². The number of nitrogens with zero attached hydrogens (tertiary/aromatic N) is 2. The van der Waals surface area contributed by atoms with E-state index in [9.17, 15) is 9.59 Å². The van der Waals surface area contributed by atoms with Gasteiger partial charge in [0.1, 0.15) is 5.00 Å². The van der Waals surface area contributed by atoms with Crippen LogP contribution in [0.15, 0.2) is 53.1 Å². The SMILES string of the molecule is CCOC(=O)N1CCN(C(c2ccccc2)c2c(NC(=O)c3ccco3)sc3c2CCCC3)CC1. The second kappa shape index (κ2) is 10.7. The first-order valence-electron chi connectivity index (χ1n) is 12.4. The second-order valence-corrected chi connectivity index (χ2v) is 10.0. The Morgan fingerprint density at radius 2 is 1.83 bits per heavy atom. The summed E-state index contributed by atoms with van der Waals surface area (Å²) in [4.78, 5) is 30.9. The Bertz CT molecular complexity index is 1150. The maximum absolute atomic E-state index is 13.0. The summed E-state index contributed by atoms with van der Waals surface area (Å²) in [7, 11) is 0. The summed E-state index contributed by atoms with van der Waals surface area (Å²) in [5.74, 6) is 0.0791. The monoisotopic (exact) mass is 493 g/mol. The number of hydrogen-bond acceptors (Lipinski definition) is 6. The molecule has 2 aliphatic rings. The van der Waals surface area contributed by atoms with Gasteiger partial charge in [0, 0.05) is 36.6 Å². The quantitative estimate of drug-likeness (QED) is 0.502. The number of fused-ring (bicyclic) bond motifs is 1. The third kappa shape index (κ3) is 4.99. The van der Waals surface area contributed by atoms with Gasteiger partial charge in [-0.05, 0) is 55.9 Å². The number of piperazine rings is 1. The molecule has 3 aromatic rings. The molecule has 0 spiro atoms. The van der Waals surface area contributed by atoms with E-state index in [1.54, 1.807) is 28.4 Å².